The van der Waals surface area contributed by atoms with Crippen LogP contribution in [0.2, 0.25) is 0 Å². The summed E-state index contributed by atoms with van der Waals surface area (Å²) in [5.74, 6) is 0.00132. The monoisotopic (exact) mass is 428 g/mol. The van der Waals surface area contributed by atoms with Gasteiger partial charge in [-0.1, -0.05) is 48.0 Å². The van der Waals surface area contributed by atoms with Gasteiger partial charge in [0, 0.05) is 32.1 Å². The lowest BCUT2D eigenvalue weighted by molar-refractivity contribution is -0.137. The van der Waals surface area contributed by atoms with Gasteiger partial charge in [0.05, 0.1) is 4.90 Å². The van der Waals surface area contributed by atoms with Crippen LogP contribution in [0.3, 0.4) is 0 Å². The number of carbonyl (C=O) groups excluding carboxylic acids is 1. The predicted octanol–water partition coefficient (Wildman–Crippen LogP) is 4.06. The van der Waals surface area contributed by atoms with Crippen LogP contribution in [0.15, 0.2) is 47.4 Å². The molecule has 0 aliphatic carbocycles. The first-order chi connectivity index (χ1) is 14.2. The van der Waals surface area contributed by atoms with E-state index in [1.807, 2.05) is 75.1 Å². The fourth-order valence-corrected chi connectivity index (χ4v) is 6.33. The van der Waals surface area contributed by atoms with Gasteiger partial charge in [-0.25, -0.2) is 8.42 Å². The van der Waals surface area contributed by atoms with E-state index in [2.05, 4.69) is 0 Å². The van der Waals surface area contributed by atoms with E-state index in [4.69, 9.17) is 0 Å². The fourth-order valence-electron chi connectivity index (χ4n) is 4.45. The summed E-state index contributed by atoms with van der Waals surface area (Å²) in [6, 6.07) is 13.8. The molecule has 0 saturated carbocycles. The van der Waals surface area contributed by atoms with E-state index in [1.165, 1.54) is 0 Å². The van der Waals surface area contributed by atoms with Crippen molar-refractivity contribution >= 4 is 15.9 Å². The lowest BCUT2D eigenvalue weighted by atomic mass is 9.96. The van der Waals surface area contributed by atoms with Gasteiger partial charge in [-0.3, -0.25) is 4.79 Å². The van der Waals surface area contributed by atoms with E-state index in [9.17, 15) is 13.2 Å². The number of aryl methyl sites for hydroxylation is 3. The van der Waals surface area contributed by atoms with Crippen molar-refractivity contribution in [3.05, 3.63) is 64.7 Å². The standard InChI is InChI=1S/C24H32N2O3S/c1-5-25(17-21-9-7-6-8-10-21)24(27)22-11-13-26(14-12-22)30(28,29)23-19(3)15-18(2)16-20(23)4/h6-10,15-16,22H,5,11-14,17H2,1-4H3. The van der Waals surface area contributed by atoms with Crippen molar-refractivity contribution in [1.29, 1.82) is 0 Å². The lowest BCUT2D eigenvalue weighted by Gasteiger charge is -2.34. The number of rotatable bonds is 6. The molecule has 1 heterocycles. The third-order valence-electron chi connectivity index (χ3n) is 5.92. The Kier molecular flexibility index (Phi) is 6.98. The highest BCUT2D eigenvalue weighted by molar-refractivity contribution is 7.89. The number of sulfonamides is 1. The number of nitrogens with zero attached hydrogens (tertiary/aromatic N) is 2. The van der Waals surface area contributed by atoms with Crippen LogP contribution in [-0.2, 0) is 21.4 Å². The number of hydrogen-bond acceptors (Lipinski definition) is 3. The molecule has 0 spiro atoms. The summed E-state index contributed by atoms with van der Waals surface area (Å²) in [6.07, 6.45) is 1.13. The molecule has 5 nitrogen and oxygen atoms in total. The second-order valence-electron chi connectivity index (χ2n) is 8.24. The Bertz CT molecular complexity index is 971. The maximum absolute atomic E-state index is 13.3. The Morgan fingerprint density at radius 2 is 1.60 bits per heavy atom. The fraction of sp³-hybridized carbons (Fsp3) is 0.458. The van der Waals surface area contributed by atoms with Gasteiger partial charge >= 0.3 is 0 Å². The zero-order chi connectivity index (χ0) is 21.9. The van der Waals surface area contributed by atoms with Gasteiger partial charge in [0.25, 0.3) is 0 Å². The van der Waals surface area contributed by atoms with Crippen LogP contribution < -0.4 is 0 Å². The largest absolute Gasteiger partial charge is 0.338 e. The SMILES string of the molecule is CCN(Cc1ccccc1)C(=O)C1CCN(S(=O)(=O)c2c(C)cc(C)cc2C)CC1. The maximum Gasteiger partial charge on any atom is 0.243 e. The van der Waals surface area contributed by atoms with Crippen molar-refractivity contribution in [2.75, 3.05) is 19.6 Å². The zero-order valence-corrected chi connectivity index (χ0v) is 19.2. The summed E-state index contributed by atoms with van der Waals surface area (Å²) in [6.45, 7) is 9.68. The molecule has 1 aliphatic heterocycles. The van der Waals surface area contributed by atoms with Crippen molar-refractivity contribution in [3.8, 4) is 0 Å². The van der Waals surface area contributed by atoms with Crippen LogP contribution >= 0.6 is 0 Å². The van der Waals surface area contributed by atoms with Crippen molar-refractivity contribution in [3.63, 3.8) is 0 Å². The maximum atomic E-state index is 13.3. The van der Waals surface area contributed by atoms with Crippen molar-refractivity contribution < 1.29 is 13.2 Å². The number of carbonyl (C=O) groups is 1. The number of piperidine rings is 1. The zero-order valence-electron chi connectivity index (χ0n) is 18.4. The molecule has 6 heteroatoms. The summed E-state index contributed by atoms with van der Waals surface area (Å²) in [5, 5.41) is 0. The summed E-state index contributed by atoms with van der Waals surface area (Å²) in [5.41, 5.74) is 3.74. The minimum absolute atomic E-state index is 0.125. The summed E-state index contributed by atoms with van der Waals surface area (Å²) < 4.78 is 28.1. The lowest BCUT2D eigenvalue weighted by Crippen LogP contribution is -2.44. The van der Waals surface area contributed by atoms with Gasteiger partial charge in [0.2, 0.25) is 15.9 Å². The first-order valence-corrected chi connectivity index (χ1v) is 12.1. The third-order valence-corrected chi connectivity index (χ3v) is 8.12. The Labute approximate surface area is 180 Å². The third kappa shape index (κ3) is 4.76. The Morgan fingerprint density at radius 3 is 2.13 bits per heavy atom. The molecule has 0 radical (unpaired) electrons. The molecule has 1 amide bonds. The molecule has 0 aromatic heterocycles. The molecule has 162 valence electrons. The Morgan fingerprint density at radius 1 is 1.03 bits per heavy atom. The molecule has 2 aromatic carbocycles. The van der Waals surface area contributed by atoms with Gasteiger partial charge in [0.15, 0.2) is 0 Å². The first kappa shape index (κ1) is 22.5. The smallest absolute Gasteiger partial charge is 0.243 e. The number of benzene rings is 2. The van der Waals surface area contributed by atoms with Gasteiger partial charge in [-0.05, 0) is 57.2 Å². The van der Waals surface area contributed by atoms with Crippen LogP contribution in [0.5, 0.6) is 0 Å². The van der Waals surface area contributed by atoms with Gasteiger partial charge in [-0.15, -0.1) is 0 Å². The quantitative estimate of drug-likeness (QED) is 0.697. The van der Waals surface area contributed by atoms with Crippen LogP contribution in [0.4, 0.5) is 0 Å². The van der Waals surface area contributed by atoms with Crippen LogP contribution in [0.1, 0.15) is 42.0 Å². The molecule has 1 fully saturated rings. The Balaban J connectivity index is 1.68. The molecular weight excluding hydrogens is 396 g/mol. The number of hydrogen-bond donors (Lipinski definition) is 0. The van der Waals surface area contributed by atoms with E-state index in [-0.39, 0.29) is 11.8 Å². The van der Waals surface area contributed by atoms with Crippen LogP contribution in [-0.4, -0.2) is 43.2 Å². The predicted molar refractivity (Wildman–Crippen MR) is 120 cm³/mol. The topological polar surface area (TPSA) is 57.7 Å². The van der Waals surface area contributed by atoms with E-state index >= 15 is 0 Å². The van der Waals surface area contributed by atoms with Gasteiger partial charge < -0.3 is 4.90 Å². The van der Waals surface area contributed by atoms with Crippen molar-refractivity contribution in [2.24, 2.45) is 5.92 Å². The van der Waals surface area contributed by atoms with E-state index in [0.717, 1.165) is 22.3 Å². The molecule has 0 atom stereocenters. The highest BCUT2D eigenvalue weighted by atomic mass is 32.2. The van der Waals surface area contributed by atoms with E-state index < -0.39 is 10.0 Å². The van der Waals surface area contributed by atoms with Gasteiger partial charge in [-0.2, -0.15) is 4.31 Å². The van der Waals surface area contributed by atoms with Crippen molar-refractivity contribution in [2.45, 2.75) is 52.0 Å². The molecule has 0 bridgehead atoms. The van der Waals surface area contributed by atoms with Gasteiger partial charge in [0.1, 0.15) is 0 Å². The average molecular weight is 429 g/mol. The second kappa shape index (κ2) is 9.31. The summed E-state index contributed by atoms with van der Waals surface area (Å²) in [7, 11) is -3.56. The van der Waals surface area contributed by atoms with Crippen LogP contribution in [0.25, 0.3) is 0 Å². The molecular formula is C24H32N2O3S. The highest BCUT2D eigenvalue weighted by Gasteiger charge is 2.34. The molecule has 30 heavy (non-hydrogen) atoms. The second-order valence-corrected chi connectivity index (χ2v) is 10.1. The van der Waals surface area contributed by atoms with Crippen LogP contribution in [0, 0.1) is 26.7 Å². The minimum Gasteiger partial charge on any atom is -0.338 e. The Hall–Kier alpha value is -2.18. The van der Waals surface area contributed by atoms with Crippen molar-refractivity contribution in [1.82, 2.24) is 9.21 Å². The molecule has 2 aromatic rings. The normalized spacial score (nSPS) is 15.9. The summed E-state index contributed by atoms with van der Waals surface area (Å²) >= 11 is 0. The molecule has 1 aliphatic rings. The molecule has 0 unspecified atom stereocenters. The van der Waals surface area contributed by atoms with E-state index in [0.29, 0.717) is 43.9 Å². The number of amides is 1. The van der Waals surface area contributed by atoms with E-state index in [1.54, 1.807) is 4.31 Å². The molecule has 3 rings (SSSR count). The molecule has 1 saturated heterocycles. The first-order valence-electron chi connectivity index (χ1n) is 10.6. The minimum atomic E-state index is -3.56. The highest BCUT2D eigenvalue weighted by Crippen LogP contribution is 2.29. The molecule has 0 N–H and O–H groups in total. The summed E-state index contributed by atoms with van der Waals surface area (Å²) in [4.78, 5) is 15.4. The average Bonchev–Trinajstić information content (AvgIpc) is 2.71.